The van der Waals surface area contributed by atoms with E-state index in [1.807, 2.05) is 0 Å². The average Bonchev–Trinajstić information content (AvgIpc) is 3.10. The maximum absolute atomic E-state index is 7.75. The zero-order valence-electron chi connectivity index (χ0n) is 11.8. The fourth-order valence-corrected chi connectivity index (χ4v) is 16.2. The van der Waals surface area contributed by atoms with E-state index in [-0.39, 0.29) is 0 Å². The predicted molar refractivity (Wildman–Crippen MR) is 74.9 cm³/mol. The quantitative estimate of drug-likeness (QED) is 0.603. The zero-order chi connectivity index (χ0) is 12.5. The molecule has 0 aromatic carbocycles. The number of alkyl halides is 1. The van der Waals surface area contributed by atoms with Gasteiger partial charge < -0.3 is 0 Å². The monoisotopic (exact) mass is 294 g/mol. The van der Waals surface area contributed by atoms with Crippen LogP contribution in [-0.2, 0) is 0 Å². The summed E-state index contributed by atoms with van der Waals surface area (Å²) < 4.78 is 0. The Morgan fingerprint density at radius 1 is 0.333 bits per heavy atom. The Kier molecular flexibility index (Phi) is 0.803. The Bertz CT molecular complexity index is 611. The maximum Gasteiger partial charge on any atom is 0.0548 e. The second kappa shape index (κ2) is 1.88. The van der Waals surface area contributed by atoms with Crippen molar-refractivity contribution in [1.82, 2.24) is 0 Å². The molecule has 106 valence electrons. The van der Waals surface area contributed by atoms with Crippen molar-refractivity contribution >= 4 is 11.6 Å². The Morgan fingerprint density at radius 2 is 0.524 bits per heavy atom. The van der Waals surface area contributed by atoms with Crippen LogP contribution in [0.15, 0.2) is 0 Å². The molecule has 12 saturated carbocycles. The summed E-state index contributed by atoms with van der Waals surface area (Å²) in [4.78, 5) is 0.373. The van der Waals surface area contributed by atoms with Gasteiger partial charge in [0.1, 0.15) is 0 Å². The van der Waals surface area contributed by atoms with Gasteiger partial charge >= 0.3 is 0 Å². The lowest BCUT2D eigenvalue weighted by molar-refractivity contribution is 0.198. The molecule has 0 aromatic heterocycles. The van der Waals surface area contributed by atoms with Gasteiger partial charge in [0.05, 0.1) is 4.87 Å². The van der Waals surface area contributed by atoms with Crippen LogP contribution in [0.25, 0.3) is 0 Å². The molecule has 12 atom stereocenters. The van der Waals surface area contributed by atoms with E-state index in [0.29, 0.717) is 4.87 Å². The molecular formula is C20H19Cl. The van der Waals surface area contributed by atoms with Crippen LogP contribution >= 0.6 is 11.6 Å². The molecule has 12 aliphatic carbocycles. The summed E-state index contributed by atoms with van der Waals surface area (Å²) in [5.41, 5.74) is 0. The Morgan fingerprint density at radius 3 is 0.762 bits per heavy atom. The third kappa shape index (κ3) is 0.426. The lowest BCUT2D eigenvalue weighted by Gasteiger charge is -2.34. The van der Waals surface area contributed by atoms with Crippen molar-refractivity contribution in [2.24, 2.45) is 112 Å². The smallest absolute Gasteiger partial charge is 0.0548 e. The molecule has 0 radical (unpaired) electrons. The second-order valence-electron chi connectivity index (χ2n) is 11.6. The van der Waals surface area contributed by atoms with Gasteiger partial charge in [-0.15, -0.1) is 11.6 Å². The lowest BCUT2D eigenvalue weighted by Crippen LogP contribution is -2.37. The number of halogens is 1. The van der Waals surface area contributed by atoms with Crippen molar-refractivity contribution in [2.45, 2.75) is 4.87 Å². The topological polar surface area (TPSA) is 0 Å². The molecule has 0 saturated heterocycles. The molecule has 12 rings (SSSR count). The molecule has 0 bridgehead atoms. The first kappa shape index (κ1) is 8.95. The van der Waals surface area contributed by atoms with Crippen LogP contribution in [0.2, 0.25) is 0 Å². The third-order valence-corrected chi connectivity index (χ3v) is 14.1. The summed E-state index contributed by atoms with van der Waals surface area (Å²) in [6, 6.07) is 0. The van der Waals surface area contributed by atoms with Crippen LogP contribution in [0.5, 0.6) is 0 Å². The van der Waals surface area contributed by atoms with Crippen LogP contribution in [0.3, 0.4) is 0 Å². The van der Waals surface area contributed by atoms with Gasteiger partial charge in [-0.3, -0.25) is 0 Å². The molecule has 0 aromatic rings. The Hall–Kier alpha value is 0.290. The minimum atomic E-state index is 0.373. The number of rotatable bonds is 0. The third-order valence-electron chi connectivity index (χ3n) is 13.4. The van der Waals surface area contributed by atoms with Gasteiger partial charge in [0, 0.05) is 0 Å². The summed E-state index contributed by atoms with van der Waals surface area (Å²) in [5.74, 6) is 22.6. The van der Waals surface area contributed by atoms with Crippen molar-refractivity contribution in [1.29, 1.82) is 0 Å². The Balaban J connectivity index is 1.49. The van der Waals surface area contributed by atoms with Gasteiger partial charge in [-0.1, -0.05) is 0 Å². The molecule has 0 amide bonds. The molecule has 12 aliphatic rings. The summed E-state index contributed by atoms with van der Waals surface area (Å²) >= 11 is 7.75. The average molecular weight is 295 g/mol. The van der Waals surface area contributed by atoms with Crippen LogP contribution < -0.4 is 0 Å². The van der Waals surface area contributed by atoms with Crippen molar-refractivity contribution in [2.75, 3.05) is 0 Å². The van der Waals surface area contributed by atoms with E-state index in [1.54, 1.807) is 0 Å². The lowest BCUT2D eigenvalue weighted by atomic mass is 9.77. The molecule has 12 unspecified atom stereocenters. The first-order valence-corrected chi connectivity index (χ1v) is 10.4. The summed E-state index contributed by atoms with van der Waals surface area (Å²) in [7, 11) is 0. The van der Waals surface area contributed by atoms with Crippen LogP contribution in [0, 0.1) is 112 Å². The van der Waals surface area contributed by atoms with Gasteiger partial charge in [-0.05, 0) is 112 Å². The number of hydrogen-bond donors (Lipinski definition) is 0. The minimum Gasteiger partial charge on any atom is -0.118 e. The summed E-state index contributed by atoms with van der Waals surface area (Å²) in [6.45, 7) is 0. The van der Waals surface area contributed by atoms with Gasteiger partial charge in [0.2, 0.25) is 0 Å². The molecule has 21 heavy (non-hydrogen) atoms. The summed E-state index contributed by atoms with van der Waals surface area (Å²) in [5, 5.41) is 0. The fourth-order valence-electron chi connectivity index (χ4n) is 15.3. The van der Waals surface area contributed by atoms with Crippen molar-refractivity contribution in [3.8, 4) is 0 Å². The molecule has 0 aliphatic heterocycles. The molecule has 0 N–H and O–H groups in total. The SMILES string of the molecule is ClC12C3C4C5C6C7C8C5C3C3C8C5C7C7C6C4C1C7C5C32. The number of hydrogen-bond acceptors (Lipinski definition) is 0. The van der Waals surface area contributed by atoms with Gasteiger partial charge in [-0.2, -0.15) is 0 Å². The van der Waals surface area contributed by atoms with E-state index in [1.165, 1.54) is 94.7 Å². The first-order valence-electron chi connectivity index (χ1n) is 10.1. The first-order chi connectivity index (χ1) is 10.4. The highest BCUT2D eigenvalue weighted by molar-refractivity contribution is 6.25. The van der Waals surface area contributed by atoms with Gasteiger partial charge in [-0.25, -0.2) is 0 Å². The van der Waals surface area contributed by atoms with Crippen LogP contribution in [-0.4, -0.2) is 4.87 Å². The normalized spacial score (nSPS) is 107. The highest BCUT2D eigenvalue weighted by Crippen LogP contribution is 3.03. The molecule has 1 heteroatoms. The van der Waals surface area contributed by atoms with E-state index in [9.17, 15) is 0 Å². The fraction of sp³-hybridized carbons (Fsp3) is 1.00. The highest BCUT2D eigenvalue weighted by Gasteiger charge is 3.01. The van der Waals surface area contributed by atoms with E-state index < -0.39 is 0 Å². The second-order valence-corrected chi connectivity index (χ2v) is 12.3. The zero-order valence-corrected chi connectivity index (χ0v) is 12.6. The molecule has 0 heterocycles. The van der Waals surface area contributed by atoms with E-state index in [2.05, 4.69) is 0 Å². The van der Waals surface area contributed by atoms with E-state index in [4.69, 9.17) is 11.6 Å². The molecular weight excluding hydrogens is 276 g/mol. The van der Waals surface area contributed by atoms with Crippen molar-refractivity contribution in [3.05, 3.63) is 0 Å². The highest BCUT2D eigenvalue weighted by atomic mass is 35.5. The predicted octanol–water partition coefficient (Wildman–Crippen LogP) is 2.82. The molecule has 0 nitrogen and oxygen atoms in total. The van der Waals surface area contributed by atoms with Gasteiger partial charge in [0.25, 0.3) is 0 Å². The standard InChI is InChI=1S/C20H19Cl/c21-20-17-11-5-2-1-3-7(5)13(17)15-9(3)10-4(1)8-6(2)12(11)18(20)14(8)16(10)19(15)20/h1-19H. The van der Waals surface area contributed by atoms with Crippen LogP contribution in [0.4, 0.5) is 0 Å². The van der Waals surface area contributed by atoms with Gasteiger partial charge in [0.15, 0.2) is 0 Å². The molecule has 12 fully saturated rings. The molecule has 0 spiro atoms. The van der Waals surface area contributed by atoms with E-state index >= 15 is 0 Å². The maximum atomic E-state index is 7.75. The Labute approximate surface area is 129 Å². The van der Waals surface area contributed by atoms with Crippen molar-refractivity contribution in [3.63, 3.8) is 0 Å². The summed E-state index contributed by atoms with van der Waals surface area (Å²) in [6.07, 6.45) is 0. The minimum absolute atomic E-state index is 0.373. The van der Waals surface area contributed by atoms with Crippen LogP contribution in [0.1, 0.15) is 0 Å². The van der Waals surface area contributed by atoms with E-state index in [0.717, 1.165) is 17.8 Å². The largest absolute Gasteiger partial charge is 0.118 e. The van der Waals surface area contributed by atoms with Crippen molar-refractivity contribution < 1.29 is 0 Å².